The molecule has 1 aliphatic heterocycles. The van der Waals surface area contributed by atoms with Crippen LogP contribution in [0.5, 0.6) is 0 Å². The second-order valence-corrected chi connectivity index (χ2v) is 1.48. The zero-order valence-electron chi connectivity index (χ0n) is 4.51. The van der Waals surface area contributed by atoms with Crippen LogP contribution in [0.4, 0.5) is 0 Å². The summed E-state index contributed by atoms with van der Waals surface area (Å²) in [6.07, 6.45) is 0. The van der Waals surface area contributed by atoms with Crippen molar-refractivity contribution in [3.8, 4) is 0 Å². The zero-order chi connectivity index (χ0) is 5.28. The lowest BCUT2D eigenvalue weighted by Gasteiger charge is -1.88. The van der Waals surface area contributed by atoms with E-state index in [-0.39, 0.29) is 24.4 Å². The fourth-order valence-corrected chi connectivity index (χ4v) is 0.368. The van der Waals surface area contributed by atoms with Crippen molar-refractivity contribution in [3.05, 3.63) is 0 Å². The Labute approximate surface area is 53.8 Å². The van der Waals surface area contributed by atoms with Crippen LogP contribution < -0.4 is 5.32 Å². The Bertz CT molecular complexity index is 92.0. The van der Waals surface area contributed by atoms with Crippen LogP contribution in [-0.2, 0) is 9.53 Å². The van der Waals surface area contributed by atoms with Crippen LogP contribution in [0.1, 0.15) is 0 Å². The number of hydrogen-bond acceptors (Lipinski definition) is 3. The first-order valence-corrected chi connectivity index (χ1v) is 2.16. The van der Waals surface area contributed by atoms with Crippen molar-refractivity contribution in [1.29, 1.82) is 0 Å². The van der Waals surface area contributed by atoms with Crippen LogP contribution in [0.2, 0.25) is 0 Å². The monoisotopic (exact) mass is 137 g/mol. The van der Waals surface area contributed by atoms with Crippen LogP contribution >= 0.6 is 12.4 Å². The van der Waals surface area contributed by atoms with Gasteiger partial charge < -0.3 is 10.1 Å². The minimum Gasteiger partial charge on any atom is -0.468 e. The smallest absolute Gasteiger partial charge is 0.324 e. The molecule has 48 valence electrons. The summed E-state index contributed by atoms with van der Waals surface area (Å²) in [5.74, 6) is -0.153. The lowest BCUT2D eigenvalue weighted by molar-refractivity contribution is -0.139. The van der Waals surface area contributed by atoms with Gasteiger partial charge in [0.1, 0.15) is 6.04 Å². The molecule has 1 N–H and O–H groups in total. The van der Waals surface area contributed by atoms with E-state index in [1.165, 1.54) is 7.11 Å². The van der Waals surface area contributed by atoms with Crippen molar-refractivity contribution >= 4 is 18.4 Å². The quantitative estimate of drug-likeness (QED) is 0.394. The van der Waals surface area contributed by atoms with Gasteiger partial charge in [0, 0.05) is 6.54 Å². The summed E-state index contributed by atoms with van der Waals surface area (Å²) in [5.41, 5.74) is 0. The molecule has 0 bridgehead atoms. The van der Waals surface area contributed by atoms with Gasteiger partial charge in [-0.2, -0.15) is 0 Å². The van der Waals surface area contributed by atoms with E-state index in [0.717, 1.165) is 6.54 Å². The van der Waals surface area contributed by atoms with Crippen LogP contribution in [0, 0.1) is 0 Å². The highest BCUT2D eigenvalue weighted by Crippen LogP contribution is 1.96. The molecule has 1 atom stereocenters. The minimum atomic E-state index is -0.153. The SMILES string of the molecule is COC(=O)C1CN1.Cl. The van der Waals surface area contributed by atoms with Gasteiger partial charge in [0.05, 0.1) is 7.11 Å². The molecule has 0 saturated carbocycles. The molecule has 0 spiro atoms. The molecule has 0 aromatic rings. The predicted octanol–water partition coefficient (Wildman–Crippen LogP) is -0.447. The molecule has 1 saturated heterocycles. The van der Waals surface area contributed by atoms with Crippen molar-refractivity contribution in [2.45, 2.75) is 6.04 Å². The third kappa shape index (κ3) is 1.68. The fourth-order valence-electron chi connectivity index (χ4n) is 0.368. The molecule has 4 heteroatoms. The zero-order valence-corrected chi connectivity index (χ0v) is 5.33. The summed E-state index contributed by atoms with van der Waals surface area (Å²) in [5, 5.41) is 2.81. The van der Waals surface area contributed by atoms with E-state index in [2.05, 4.69) is 10.1 Å². The average molecular weight is 138 g/mol. The van der Waals surface area contributed by atoms with Gasteiger partial charge in [-0.05, 0) is 0 Å². The van der Waals surface area contributed by atoms with Crippen molar-refractivity contribution in [1.82, 2.24) is 5.32 Å². The number of hydrogen-bond donors (Lipinski definition) is 1. The van der Waals surface area contributed by atoms with Crippen LogP contribution in [0.25, 0.3) is 0 Å². The Morgan fingerprint density at radius 3 is 2.50 bits per heavy atom. The number of ether oxygens (including phenoxy) is 1. The Hall–Kier alpha value is -0.280. The maximum absolute atomic E-state index is 10.3. The molecule has 0 radical (unpaired) electrons. The van der Waals surface area contributed by atoms with Gasteiger partial charge in [-0.1, -0.05) is 0 Å². The van der Waals surface area contributed by atoms with Crippen molar-refractivity contribution in [2.24, 2.45) is 0 Å². The lowest BCUT2D eigenvalue weighted by Crippen LogP contribution is -2.10. The molecular weight excluding hydrogens is 130 g/mol. The first-order valence-electron chi connectivity index (χ1n) is 2.16. The molecule has 1 unspecified atom stereocenters. The summed E-state index contributed by atoms with van der Waals surface area (Å²) in [7, 11) is 1.39. The Morgan fingerprint density at radius 2 is 2.38 bits per heavy atom. The second-order valence-electron chi connectivity index (χ2n) is 1.48. The van der Waals surface area contributed by atoms with Crippen LogP contribution in [0.3, 0.4) is 0 Å². The minimum absolute atomic E-state index is 0. The molecule has 0 aromatic carbocycles. The molecule has 1 aliphatic rings. The second kappa shape index (κ2) is 2.89. The molecule has 8 heavy (non-hydrogen) atoms. The van der Waals surface area contributed by atoms with Gasteiger partial charge in [-0.3, -0.25) is 4.79 Å². The molecule has 0 amide bonds. The summed E-state index contributed by atoms with van der Waals surface area (Å²) >= 11 is 0. The van der Waals surface area contributed by atoms with E-state index < -0.39 is 0 Å². The highest BCUT2D eigenvalue weighted by molar-refractivity contribution is 5.85. The highest BCUT2D eigenvalue weighted by atomic mass is 35.5. The molecule has 0 aliphatic carbocycles. The number of esters is 1. The average Bonchev–Trinajstić information content (AvgIpc) is 2.44. The summed E-state index contributed by atoms with van der Waals surface area (Å²) in [6, 6.07) is 0.00463. The summed E-state index contributed by atoms with van der Waals surface area (Å²) in [4.78, 5) is 10.3. The predicted molar refractivity (Wildman–Crippen MR) is 31.1 cm³/mol. The number of rotatable bonds is 1. The Balaban J connectivity index is 0.000000490. The van der Waals surface area contributed by atoms with Crippen molar-refractivity contribution < 1.29 is 9.53 Å². The van der Waals surface area contributed by atoms with Gasteiger partial charge in [0.2, 0.25) is 0 Å². The van der Waals surface area contributed by atoms with Gasteiger partial charge in [0.15, 0.2) is 0 Å². The maximum Gasteiger partial charge on any atom is 0.324 e. The van der Waals surface area contributed by atoms with E-state index in [0.29, 0.717) is 0 Å². The largest absolute Gasteiger partial charge is 0.468 e. The summed E-state index contributed by atoms with van der Waals surface area (Å²) in [6.45, 7) is 0.784. The number of methoxy groups -OCH3 is 1. The maximum atomic E-state index is 10.3. The standard InChI is InChI=1S/C4H7NO2.ClH/c1-7-4(6)3-2-5-3;/h3,5H,2H2,1H3;1H. The third-order valence-corrected chi connectivity index (χ3v) is 0.894. The highest BCUT2D eigenvalue weighted by Gasteiger charge is 2.29. The van der Waals surface area contributed by atoms with E-state index in [1.807, 2.05) is 0 Å². The van der Waals surface area contributed by atoms with E-state index in [1.54, 1.807) is 0 Å². The third-order valence-electron chi connectivity index (χ3n) is 0.894. The van der Waals surface area contributed by atoms with Crippen LogP contribution in [0.15, 0.2) is 0 Å². The first kappa shape index (κ1) is 7.72. The van der Waals surface area contributed by atoms with Gasteiger partial charge in [0.25, 0.3) is 0 Å². The molecular formula is C4H8ClNO2. The van der Waals surface area contributed by atoms with E-state index >= 15 is 0 Å². The first-order chi connectivity index (χ1) is 3.34. The number of halogens is 1. The lowest BCUT2D eigenvalue weighted by atomic mass is 10.5. The molecule has 1 rings (SSSR count). The molecule has 1 heterocycles. The summed E-state index contributed by atoms with van der Waals surface area (Å²) < 4.78 is 4.37. The van der Waals surface area contributed by atoms with Gasteiger partial charge >= 0.3 is 5.97 Å². The Kier molecular flexibility index (Phi) is 2.79. The topological polar surface area (TPSA) is 48.2 Å². The number of nitrogens with one attached hydrogen (secondary N) is 1. The van der Waals surface area contributed by atoms with E-state index in [9.17, 15) is 4.79 Å². The van der Waals surface area contributed by atoms with Crippen LogP contribution in [-0.4, -0.2) is 25.7 Å². The van der Waals surface area contributed by atoms with Gasteiger partial charge in [-0.15, -0.1) is 12.4 Å². The van der Waals surface area contributed by atoms with Gasteiger partial charge in [-0.25, -0.2) is 0 Å². The molecule has 1 fully saturated rings. The number of carbonyl (C=O) groups is 1. The Morgan fingerprint density at radius 1 is 1.88 bits per heavy atom. The molecule has 3 nitrogen and oxygen atoms in total. The van der Waals surface area contributed by atoms with Crippen molar-refractivity contribution in [2.75, 3.05) is 13.7 Å². The number of carbonyl (C=O) groups excluding carboxylic acids is 1. The normalized spacial score (nSPS) is 23.4. The molecule has 0 aromatic heterocycles. The fraction of sp³-hybridized carbons (Fsp3) is 0.750. The van der Waals surface area contributed by atoms with Crippen molar-refractivity contribution in [3.63, 3.8) is 0 Å². The van der Waals surface area contributed by atoms with E-state index in [4.69, 9.17) is 0 Å².